The summed E-state index contributed by atoms with van der Waals surface area (Å²) in [5, 5.41) is 0.297. The van der Waals surface area contributed by atoms with Crippen LogP contribution in [-0.2, 0) is 11.8 Å². The SMILES string of the molecule is Cn1c(I)cc2nc(Cl)nc(N3CCOCC3)c21. The number of halogens is 2. The highest BCUT2D eigenvalue weighted by molar-refractivity contribution is 14.1. The maximum absolute atomic E-state index is 6.01. The minimum Gasteiger partial charge on any atom is -0.378 e. The van der Waals surface area contributed by atoms with Gasteiger partial charge in [0.15, 0.2) is 5.82 Å². The average Bonchev–Trinajstić information content (AvgIpc) is 2.65. The molecule has 18 heavy (non-hydrogen) atoms. The van der Waals surface area contributed by atoms with E-state index in [1.54, 1.807) is 0 Å². The molecule has 1 saturated heterocycles. The van der Waals surface area contributed by atoms with Crippen LogP contribution in [0.25, 0.3) is 11.0 Å². The Kier molecular flexibility index (Phi) is 3.33. The van der Waals surface area contributed by atoms with Crippen LogP contribution >= 0.6 is 34.2 Å². The number of rotatable bonds is 1. The lowest BCUT2D eigenvalue weighted by molar-refractivity contribution is 0.122. The topological polar surface area (TPSA) is 43.2 Å². The number of nitrogens with zero attached hydrogens (tertiary/aromatic N) is 4. The quantitative estimate of drug-likeness (QED) is 0.563. The van der Waals surface area contributed by atoms with Crippen molar-refractivity contribution in [2.45, 2.75) is 0 Å². The molecule has 0 aromatic carbocycles. The lowest BCUT2D eigenvalue weighted by Crippen LogP contribution is -2.37. The number of ether oxygens (including phenoxy) is 1. The Labute approximate surface area is 123 Å². The molecule has 2 aromatic heterocycles. The van der Waals surface area contributed by atoms with E-state index < -0.39 is 0 Å². The number of hydrogen-bond donors (Lipinski definition) is 0. The summed E-state index contributed by atoms with van der Waals surface area (Å²) >= 11 is 8.30. The van der Waals surface area contributed by atoms with Gasteiger partial charge in [0.1, 0.15) is 5.52 Å². The maximum atomic E-state index is 6.01. The van der Waals surface area contributed by atoms with Crippen LogP contribution in [0.5, 0.6) is 0 Å². The second-order valence-electron chi connectivity index (χ2n) is 4.18. The Balaban J connectivity index is 2.19. The first-order valence-corrected chi connectivity index (χ1v) is 7.13. The Hall–Kier alpha value is -0.600. The van der Waals surface area contributed by atoms with Crippen LogP contribution in [0.2, 0.25) is 5.28 Å². The van der Waals surface area contributed by atoms with Crippen molar-refractivity contribution >= 4 is 51.0 Å². The highest BCUT2D eigenvalue weighted by atomic mass is 127. The molecule has 1 aliphatic heterocycles. The second kappa shape index (κ2) is 4.82. The van der Waals surface area contributed by atoms with Gasteiger partial charge >= 0.3 is 0 Å². The van der Waals surface area contributed by atoms with E-state index in [9.17, 15) is 0 Å². The molecule has 3 heterocycles. The zero-order valence-electron chi connectivity index (χ0n) is 9.86. The van der Waals surface area contributed by atoms with Gasteiger partial charge < -0.3 is 14.2 Å². The maximum Gasteiger partial charge on any atom is 0.225 e. The Morgan fingerprint density at radius 3 is 2.78 bits per heavy atom. The molecule has 1 aliphatic rings. The number of aromatic nitrogens is 3. The van der Waals surface area contributed by atoms with E-state index >= 15 is 0 Å². The van der Waals surface area contributed by atoms with Crippen LogP contribution in [0, 0.1) is 3.70 Å². The van der Waals surface area contributed by atoms with E-state index in [0.29, 0.717) is 5.28 Å². The summed E-state index contributed by atoms with van der Waals surface area (Å²) < 4.78 is 8.59. The van der Waals surface area contributed by atoms with Gasteiger partial charge in [-0.3, -0.25) is 0 Å². The number of fused-ring (bicyclic) bond motifs is 1. The number of anilines is 1. The molecule has 0 atom stereocenters. The fraction of sp³-hybridized carbons (Fsp3) is 0.455. The smallest absolute Gasteiger partial charge is 0.225 e. The van der Waals surface area contributed by atoms with Crippen LogP contribution in [0.3, 0.4) is 0 Å². The summed E-state index contributed by atoms with van der Waals surface area (Å²) in [6, 6.07) is 2.02. The van der Waals surface area contributed by atoms with E-state index in [0.717, 1.165) is 46.9 Å². The van der Waals surface area contributed by atoms with Crippen molar-refractivity contribution in [3.63, 3.8) is 0 Å². The van der Waals surface area contributed by atoms with Gasteiger partial charge in [-0.15, -0.1) is 0 Å². The van der Waals surface area contributed by atoms with Gasteiger partial charge in [0, 0.05) is 20.1 Å². The van der Waals surface area contributed by atoms with Gasteiger partial charge in [-0.1, -0.05) is 0 Å². The molecule has 1 fully saturated rings. The van der Waals surface area contributed by atoms with E-state index in [1.165, 1.54) is 0 Å². The molecule has 0 amide bonds. The van der Waals surface area contributed by atoms with Crippen LogP contribution in [0.1, 0.15) is 0 Å². The van der Waals surface area contributed by atoms with Crippen LogP contribution in [-0.4, -0.2) is 40.8 Å². The van der Waals surface area contributed by atoms with Gasteiger partial charge in [-0.2, -0.15) is 4.98 Å². The highest BCUT2D eigenvalue weighted by Gasteiger charge is 2.20. The summed E-state index contributed by atoms with van der Waals surface area (Å²) in [5.41, 5.74) is 1.93. The zero-order valence-corrected chi connectivity index (χ0v) is 12.8. The van der Waals surface area contributed by atoms with Crippen molar-refractivity contribution in [2.24, 2.45) is 7.05 Å². The van der Waals surface area contributed by atoms with Gasteiger partial charge in [0.05, 0.1) is 22.4 Å². The lowest BCUT2D eigenvalue weighted by atomic mass is 10.3. The summed E-state index contributed by atoms with van der Waals surface area (Å²) in [6.45, 7) is 3.13. The summed E-state index contributed by atoms with van der Waals surface area (Å²) in [5.74, 6) is 0.902. The first-order valence-electron chi connectivity index (χ1n) is 5.68. The first-order chi connectivity index (χ1) is 8.66. The van der Waals surface area contributed by atoms with Gasteiger partial charge in [-0.25, -0.2) is 4.98 Å². The predicted molar refractivity (Wildman–Crippen MR) is 79.3 cm³/mol. The standard InChI is InChI=1S/C11H12ClIN4O/c1-16-8(13)6-7-9(16)10(15-11(12)14-7)17-2-4-18-5-3-17/h6H,2-5H2,1H3. The molecule has 0 aliphatic carbocycles. The van der Waals surface area contributed by atoms with E-state index in [-0.39, 0.29) is 0 Å². The van der Waals surface area contributed by atoms with Crippen molar-refractivity contribution in [1.82, 2.24) is 14.5 Å². The fourth-order valence-electron chi connectivity index (χ4n) is 2.17. The Morgan fingerprint density at radius 2 is 2.06 bits per heavy atom. The average molecular weight is 379 g/mol. The van der Waals surface area contributed by atoms with Crippen molar-refractivity contribution < 1.29 is 4.74 Å². The molecule has 0 bridgehead atoms. The van der Waals surface area contributed by atoms with E-state index in [1.807, 2.05) is 13.1 Å². The molecular weight excluding hydrogens is 367 g/mol. The van der Waals surface area contributed by atoms with Crippen molar-refractivity contribution in [3.05, 3.63) is 15.1 Å². The predicted octanol–water partition coefficient (Wildman–Crippen LogP) is 2.06. The summed E-state index contributed by atoms with van der Waals surface area (Å²) in [4.78, 5) is 10.9. The fourth-order valence-corrected chi connectivity index (χ4v) is 2.87. The van der Waals surface area contributed by atoms with Crippen molar-refractivity contribution in [3.8, 4) is 0 Å². The Morgan fingerprint density at radius 1 is 1.33 bits per heavy atom. The minimum absolute atomic E-state index is 0.297. The summed E-state index contributed by atoms with van der Waals surface area (Å²) in [7, 11) is 2.02. The molecule has 0 saturated carbocycles. The normalized spacial score (nSPS) is 16.5. The third-order valence-electron chi connectivity index (χ3n) is 3.09. The monoisotopic (exact) mass is 378 g/mol. The third kappa shape index (κ3) is 2.06. The van der Waals surface area contributed by atoms with Gasteiger partial charge in [-0.05, 0) is 40.3 Å². The molecule has 3 rings (SSSR count). The lowest BCUT2D eigenvalue weighted by Gasteiger charge is -2.28. The third-order valence-corrected chi connectivity index (χ3v) is 4.29. The van der Waals surface area contributed by atoms with Crippen LogP contribution in [0.15, 0.2) is 6.07 Å². The molecule has 0 radical (unpaired) electrons. The molecule has 5 nitrogen and oxygen atoms in total. The van der Waals surface area contributed by atoms with Gasteiger partial charge in [0.25, 0.3) is 0 Å². The highest BCUT2D eigenvalue weighted by Crippen LogP contribution is 2.28. The molecule has 2 aromatic rings. The molecule has 0 spiro atoms. The van der Waals surface area contributed by atoms with Crippen LogP contribution < -0.4 is 4.90 Å². The molecule has 0 N–H and O–H groups in total. The number of aryl methyl sites for hydroxylation is 1. The van der Waals surface area contributed by atoms with Crippen LogP contribution in [0.4, 0.5) is 5.82 Å². The number of hydrogen-bond acceptors (Lipinski definition) is 4. The van der Waals surface area contributed by atoms with Crippen molar-refractivity contribution in [1.29, 1.82) is 0 Å². The zero-order chi connectivity index (χ0) is 12.7. The van der Waals surface area contributed by atoms with Crippen molar-refractivity contribution in [2.75, 3.05) is 31.2 Å². The second-order valence-corrected chi connectivity index (χ2v) is 5.62. The number of morpholine rings is 1. The first kappa shape index (κ1) is 12.4. The van der Waals surface area contributed by atoms with E-state index in [4.69, 9.17) is 16.3 Å². The van der Waals surface area contributed by atoms with E-state index in [2.05, 4.69) is 42.0 Å². The molecule has 0 unspecified atom stereocenters. The molecule has 7 heteroatoms. The molecule has 96 valence electrons. The minimum atomic E-state index is 0.297. The Bertz CT molecular complexity index is 594. The largest absolute Gasteiger partial charge is 0.378 e. The van der Waals surface area contributed by atoms with Gasteiger partial charge in [0.2, 0.25) is 5.28 Å². The summed E-state index contributed by atoms with van der Waals surface area (Å²) in [6.07, 6.45) is 0. The molecular formula is C11H12ClIN4O.